The highest BCUT2D eigenvalue weighted by Crippen LogP contribution is 2.32. The Morgan fingerprint density at radius 2 is 1.81 bits per heavy atom. The molecular weight excluding hydrogens is 272 g/mol. The van der Waals surface area contributed by atoms with E-state index in [4.69, 9.17) is 0 Å². The molecule has 0 aromatic heterocycles. The van der Waals surface area contributed by atoms with Crippen LogP contribution in [0.25, 0.3) is 0 Å². The van der Waals surface area contributed by atoms with Gasteiger partial charge in [-0.25, -0.2) is 4.79 Å². The standard InChI is InChI=1S/C15H24N2O4/c1-21-12(18)8-7-11-17-13(19)15(16-14(17)20)9-5-3-2-4-6-10-15/h2-11H2,1H3,(H,16,20). The van der Waals surface area contributed by atoms with Crippen molar-refractivity contribution in [3.05, 3.63) is 0 Å². The quantitative estimate of drug-likeness (QED) is 0.635. The van der Waals surface area contributed by atoms with Gasteiger partial charge in [0.25, 0.3) is 5.91 Å². The number of carbonyl (C=O) groups excluding carboxylic acids is 3. The predicted octanol–water partition coefficient (Wildman–Crippen LogP) is 1.97. The molecule has 2 rings (SSSR count). The second-order valence-corrected chi connectivity index (χ2v) is 5.92. The summed E-state index contributed by atoms with van der Waals surface area (Å²) < 4.78 is 4.57. The number of hydrogen-bond donors (Lipinski definition) is 1. The normalized spacial score (nSPS) is 21.9. The molecule has 0 unspecified atom stereocenters. The zero-order chi connectivity index (χ0) is 15.3. The van der Waals surface area contributed by atoms with E-state index in [2.05, 4.69) is 10.1 Å². The van der Waals surface area contributed by atoms with Crippen LogP contribution in [0.5, 0.6) is 0 Å². The molecule has 2 aliphatic rings. The van der Waals surface area contributed by atoms with Crippen molar-refractivity contribution >= 4 is 17.9 Å². The molecule has 1 heterocycles. The molecule has 0 aromatic rings. The molecule has 3 amide bonds. The molecule has 6 heteroatoms. The van der Waals surface area contributed by atoms with Crippen LogP contribution in [0, 0.1) is 0 Å². The van der Waals surface area contributed by atoms with Crippen molar-refractivity contribution in [2.75, 3.05) is 13.7 Å². The summed E-state index contributed by atoms with van der Waals surface area (Å²) in [6.07, 6.45) is 7.52. The number of rotatable bonds is 4. The molecule has 0 bridgehead atoms. The first kappa shape index (κ1) is 15.8. The van der Waals surface area contributed by atoms with Crippen molar-refractivity contribution in [3.63, 3.8) is 0 Å². The van der Waals surface area contributed by atoms with Crippen molar-refractivity contribution in [2.45, 2.75) is 63.3 Å². The third kappa shape index (κ3) is 3.54. The Morgan fingerprint density at radius 3 is 2.43 bits per heavy atom. The van der Waals surface area contributed by atoms with Gasteiger partial charge in [-0.2, -0.15) is 0 Å². The molecule has 6 nitrogen and oxygen atoms in total. The highest BCUT2D eigenvalue weighted by atomic mass is 16.5. The summed E-state index contributed by atoms with van der Waals surface area (Å²) in [5.74, 6) is -0.429. The average Bonchev–Trinajstić information content (AvgIpc) is 2.67. The van der Waals surface area contributed by atoms with E-state index in [1.165, 1.54) is 18.4 Å². The summed E-state index contributed by atoms with van der Waals surface area (Å²) in [5.41, 5.74) is -0.692. The molecule has 0 aromatic carbocycles. The number of imide groups is 1. The van der Waals surface area contributed by atoms with E-state index in [0.717, 1.165) is 38.5 Å². The van der Waals surface area contributed by atoms with Gasteiger partial charge in [0, 0.05) is 13.0 Å². The summed E-state index contributed by atoms with van der Waals surface area (Å²) in [7, 11) is 1.33. The molecule has 1 spiro atoms. The predicted molar refractivity (Wildman–Crippen MR) is 76.5 cm³/mol. The Kier molecular flexibility index (Phi) is 5.20. The number of hydrogen-bond acceptors (Lipinski definition) is 4. The van der Waals surface area contributed by atoms with E-state index in [9.17, 15) is 14.4 Å². The van der Waals surface area contributed by atoms with Crippen LogP contribution in [0.4, 0.5) is 4.79 Å². The van der Waals surface area contributed by atoms with Gasteiger partial charge in [0.2, 0.25) is 0 Å². The molecule has 2 fully saturated rings. The van der Waals surface area contributed by atoms with Crippen molar-refractivity contribution in [1.29, 1.82) is 0 Å². The zero-order valence-electron chi connectivity index (χ0n) is 12.7. The van der Waals surface area contributed by atoms with Crippen molar-refractivity contribution in [2.24, 2.45) is 0 Å². The fourth-order valence-electron chi connectivity index (χ4n) is 3.21. The number of nitrogens with one attached hydrogen (secondary N) is 1. The van der Waals surface area contributed by atoms with Gasteiger partial charge in [-0.3, -0.25) is 14.5 Å². The van der Waals surface area contributed by atoms with E-state index < -0.39 is 5.54 Å². The van der Waals surface area contributed by atoms with Crippen LogP contribution in [0.3, 0.4) is 0 Å². The number of methoxy groups -OCH3 is 1. The Labute approximate surface area is 125 Å². The first-order chi connectivity index (χ1) is 10.1. The largest absolute Gasteiger partial charge is 0.469 e. The van der Waals surface area contributed by atoms with Crippen molar-refractivity contribution in [3.8, 4) is 0 Å². The van der Waals surface area contributed by atoms with Gasteiger partial charge in [0.1, 0.15) is 5.54 Å². The third-order valence-electron chi connectivity index (χ3n) is 4.44. The van der Waals surface area contributed by atoms with Crippen molar-refractivity contribution in [1.82, 2.24) is 10.2 Å². The topological polar surface area (TPSA) is 75.7 Å². The zero-order valence-corrected chi connectivity index (χ0v) is 12.7. The van der Waals surface area contributed by atoms with Gasteiger partial charge in [0.05, 0.1) is 7.11 Å². The lowest BCUT2D eigenvalue weighted by atomic mass is 9.84. The fraction of sp³-hybridized carbons (Fsp3) is 0.800. The third-order valence-corrected chi connectivity index (χ3v) is 4.44. The van der Waals surface area contributed by atoms with E-state index in [0.29, 0.717) is 6.42 Å². The Morgan fingerprint density at radius 1 is 1.19 bits per heavy atom. The van der Waals surface area contributed by atoms with Gasteiger partial charge in [0.15, 0.2) is 0 Å². The van der Waals surface area contributed by atoms with E-state index in [1.807, 2.05) is 0 Å². The van der Waals surface area contributed by atoms with Gasteiger partial charge in [-0.1, -0.05) is 32.1 Å². The second kappa shape index (κ2) is 6.91. The van der Waals surface area contributed by atoms with Gasteiger partial charge in [-0.15, -0.1) is 0 Å². The monoisotopic (exact) mass is 296 g/mol. The summed E-state index contributed by atoms with van der Waals surface area (Å²) in [4.78, 5) is 37.1. The fourth-order valence-corrected chi connectivity index (χ4v) is 3.21. The number of nitrogens with zero attached hydrogens (tertiary/aromatic N) is 1. The van der Waals surface area contributed by atoms with Crippen LogP contribution < -0.4 is 5.32 Å². The summed E-state index contributed by atoms with van der Waals surface area (Å²) in [6, 6.07) is -0.314. The summed E-state index contributed by atoms with van der Waals surface area (Å²) >= 11 is 0. The molecule has 118 valence electrons. The molecule has 1 N–H and O–H groups in total. The van der Waals surface area contributed by atoms with Crippen LogP contribution in [-0.4, -0.2) is 42.0 Å². The van der Waals surface area contributed by atoms with E-state index >= 15 is 0 Å². The van der Waals surface area contributed by atoms with Gasteiger partial charge >= 0.3 is 12.0 Å². The summed E-state index contributed by atoms with van der Waals surface area (Å²) in [5, 5.41) is 2.91. The Hall–Kier alpha value is -1.59. The molecule has 1 saturated heterocycles. The molecular formula is C15H24N2O4. The van der Waals surface area contributed by atoms with Crippen LogP contribution in [0.15, 0.2) is 0 Å². The maximum atomic E-state index is 12.6. The number of ether oxygens (including phenoxy) is 1. The minimum absolute atomic E-state index is 0.112. The second-order valence-electron chi connectivity index (χ2n) is 5.92. The number of amides is 3. The lowest BCUT2D eigenvalue weighted by molar-refractivity contribution is -0.141. The van der Waals surface area contributed by atoms with E-state index in [1.54, 1.807) is 0 Å². The summed E-state index contributed by atoms with van der Waals surface area (Å²) in [6.45, 7) is 0.279. The van der Waals surface area contributed by atoms with Crippen LogP contribution in [0.1, 0.15) is 57.8 Å². The minimum atomic E-state index is -0.692. The van der Waals surface area contributed by atoms with Gasteiger partial charge < -0.3 is 10.1 Å². The van der Waals surface area contributed by atoms with Crippen LogP contribution in [0.2, 0.25) is 0 Å². The van der Waals surface area contributed by atoms with E-state index in [-0.39, 0.29) is 30.9 Å². The molecule has 21 heavy (non-hydrogen) atoms. The average molecular weight is 296 g/mol. The molecule has 1 saturated carbocycles. The number of urea groups is 1. The maximum Gasteiger partial charge on any atom is 0.325 e. The molecule has 0 atom stereocenters. The molecule has 1 aliphatic heterocycles. The number of carbonyl (C=O) groups is 3. The number of esters is 1. The van der Waals surface area contributed by atoms with Gasteiger partial charge in [-0.05, 0) is 19.3 Å². The highest BCUT2D eigenvalue weighted by molar-refractivity contribution is 6.07. The SMILES string of the molecule is COC(=O)CCCN1C(=O)NC2(CCCCCCC2)C1=O. The Bertz CT molecular complexity index is 414. The van der Waals surface area contributed by atoms with Crippen LogP contribution in [-0.2, 0) is 14.3 Å². The smallest absolute Gasteiger partial charge is 0.325 e. The lowest BCUT2D eigenvalue weighted by Crippen LogP contribution is -2.47. The highest BCUT2D eigenvalue weighted by Gasteiger charge is 2.49. The Balaban J connectivity index is 1.96. The first-order valence-corrected chi connectivity index (χ1v) is 7.80. The van der Waals surface area contributed by atoms with Crippen molar-refractivity contribution < 1.29 is 19.1 Å². The molecule has 0 radical (unpaired) electrons. The molecule has 1 aliphatic carbocycles. The lowest BCUT2D eigenvalue weighted by Gasteiger charge is -2.28. The first-order valence-electron chi connectivity index (χ1n) is 7.80. The maximum absolute atomic E-state index is 12.6. The van der Waals surface area contributed by atoms with Crippen LogP contribution >= 0.6 is 0 Å². The minimum Gasteiger partial charge on any atom is -0.469 e.